The molecule has 1 aromatic rings. The second-order valence-electron chi connectivity index (χ2n) is 3.24. The van der Waals surface area contributed by atoms with Gasteiger partial charge in [0.05, 0.1) is 0 Å². The van der Waals surface area contributed by atoms with Crippen molar-refractivity contribution in [3.63, 3.8) is 0 Å². The van der Waals surface area contributed by atoms with Crippen LogP contribution in [0.25, 0.3) is 6.08 Å². The third-order valence-corrected chi connectivity index (χ3v) is 2.10. The van der Waals surface area contributed by atoms with E-state index in [-0.39, 0.29) is 6.79 Å². The fourth-order valence-electron chi connectivity index (χ4n) is 1.48. The number of aliphatic carboxylic acids is 1. The van der Waals surface area contributed by atoms with Crippen molar-refractivity contribution in [3.05, 3.63) is 29.3 Å². The summed E-state index contributed by atoms with van der Waals surface area (Å²) >= 11 is 0. The Morgan fingerprint density at radius 1 is 1.47 bits per heavy atom. The van der Waals surface area contributed by atoms with Crippen molar-refractivity contribution in [1.29, 1.82) is 0 Å². The van der Waals surface area contributed by atoms with Gasteiger partial charge in [-0.3, -0.25) is 0 Å². The molecule has 0 aliphatic carbocycles. The van der Waals surface area contributed by atoms with Crippen LogP contribution in [0.5, 0.6) is 11.5 Å². The normalized spacial score (nSPS) is 13.4. The number of hydrogen-bond acceptors (Lipinski definition) is 3. The highest BCUT2D eigenvalue weighted by atomic mass is 16.7. The lowest BCUT2D eigenvalue weighted by Gasteiger charge is -2.01. The van der Waals surface area contributed by atoms with Crippen molar-refractivity contribution in [2.45, 2.75) is 6.92 Å². The first-order valence-electron chi connectivity index (χ1n) is 4.48. The van der Waals surface area contributed by atoms with E-state index in [1.807, 2.05) is 13.0 Å². The number of carboxylic acids is 1. The van der Waals surface area contributed by atoms with E-state index in [4.69, 9.17) is 14.6 Å². The van der Waals surface area contributed by atoms with E-state index in [2.05, 4.69) is 0 Å². The molecule has 0 bridgehead atoms. The number of carbonyl (C=O) groups is 1. The molecule has 0 amide bonds. The Balaban J connectivity index is 2.35. The molecule has 0 saturated carbocycles. The van der Waals surface area contributed by atoms with Crippen molar-refractivity contribution in [3.8, 4) is 11.5 Å². The largest absolute Gasteiger partial charge is 0.478 e. The van der Waals surface area contributed by atoms with Gasteiger partial charge in [-0.25, -0.2) is 4.79 Å². The first kappa shape index (κ1) is 9.58. The number of benzene rings is 1. The lowest BCUT2D eigenvalue weighted by atomic mass is 10.1. The van der Waals surface area contributed by atoms with Gasteiger partial charge in [0, 0.05) is 6.08 Å². The molecule has 1 aliphatic heterocycles. The van der Waals surface area contributed by atoms with Gasteiger partial charge in [-0.1, -0.05) is 0 Å². The van der Waals surface area contributed by atoms with Crippen LogP contribution in [0.2, 0.25) is 0 Å². The van der Waals surface area contributed by atoms with Crippen LogP contribution in [0.1, 0.15) is 11.1 Å². The molecule has 1 aliphatic rings. The smallest absolute Gasteiger partial charge is 0.328 e. The van der Waals surface area contributed by atoms with E-state index in [0.717, 1.165) is 23.0 Å². The van der Waals surface area contributed by atoms with Gasteiger partial charge in [-0.15, -0.1) is 0 Å². The molecule has 1 N–H and O–H groups in total. The maximum atomic E-state index is 10.3. The lowest BCUT2D eigenvalue weighted by Crippen LogP contribution is -1.93. The van der Waals surface area contributed by atoms with Gasteiger partial charge in [0.2, 0.25) is 6.79 Å². The zero-order valence-electron chi connectivity index (χ0n) is 8.19. The molecular weight excluding hydrogens is 196 g/mol. The summed E-state index contributed by atoms with van der Waals surface area (Å²) in [4.78, 5) is 10.3. The first-order chi connectivity index (χ1) is 7.16. The average Bonchev–Trinajstić information content (AvgIpc) is 2.63. The number of rotatable bonds is 2. The Kier molecular flexibility index (Phi) is 2.33. The van der Waals surface area contributed by atoms with Crippen LogP contribution < -0.4 is 9.47 Å². The molecule has 15 heavy (non-hydrogen) atoms. The summed E-state index contributed by atoms with van der Waals surface area (Å²) in [6.07, 6.45) is 2.62. The van der Waals surface area contributed by atoms with E-state index < -0.39 is 5.97 Å². The topological polar surface area (TPSA) is 55.8 Å². The second-order valence-corrected chi connectivity index (χ2v) is 3.24. The number of hydrogen-bond donors (Lipinski definition) is 1. The zero-order chi connectivity index (χ0) is 10.8. The van der Waals surface area contributed by atoms with E-state index in [1.54, 1.807) is 6.07 Å². The molecule has 0 saturated heterocycles. The third-order valence-electron chi connectivity index (χ3n) is 2.10. The number of ether oxygens (including phenoxy) is 2. The minimum atomic E-state index is -0.967. The molecular formula is C11H10O4. The van der Waals surface area contributed by atoms with Gasteiger partial charge in [0.1, 0.15) is 0 Å². The first-order valence-corrected chi connectivity index (χ1v) is 4.48. The highest BCUT2D eigenvalue weighted by Crippen LogP contribution is 2.36. The van der Waals surface area contributed by atoms with Gasteiger partial charge >= 0.3 is 5.97 Å². The van der Waals surface area contributed by atoms with Gasteiger partial charge < -0.3 is 14.6 Å². The highest BCUT2D eigenvalue weighted by molar-refractivity contribution is 5.85. The minimum Gasteiger partial charge on any atom is -0.478 e. The molecule has 0 atom stereocenters. The SMILES string of the molecule is Cc1cc(C=CC(=O)O)cc2c1OCO2. The molecule has 2 rings (SSSR count). The molecule has 1 aromatic carbocycles. The van der Waals surface area contributed by atoms with Crippen molar-refractivity contribution < 1.29 is 19.4 Å². The van der Waals surface area contributed by atoms with Gasteiger partial charge in [-0.05, 0) is 36.3 Å². The second kappa shape index (κ2) is 3.65. The maximum absolute atomic E-state index is 10.3. The number of carboxylic acid groups (broad SMARTS) is 1. The Labute approximate surface area is 86.7 Å². The molecule has 4 nitrogen and oxygen atoms in total. The van der Waals surface area contributed by atoms with E-state index in [9.17, 15) is 4.79 Å². The zero-order valence-corrected chi connectivity index (χ0v) is 8.19. The van der Waals surface area contributed by atoms with E-state index in [1.165, 1.54) is 6.08 Å². The van der Waals surface area contributed by atoms with Crippen molar-refractivity contribution >= 4 is 12.0 Å². The van der Waals surface area contributed by atoms with Gasteiger partial charge in [-0.2, -0.15) is 0 Å². The fourth-order valence-corrected chi connectivity index (χ4v) is 1.48. The molecule has 0 aromatic heterocycles. The van der Waals surface area contributed by atoms with Gasteiger partial charge in [0.25, 0.3) is 0 Å². The van der Waals surface area contributed by atoms with Crippen LogP contribution in [0.15, 0.2) is 18.2 Å². The minimum absolute atomic E-state index is 0.224. The third kappa shape index (κ3) is 1.93. The summed E-state index contributed by atoms with van der Waals surface area (Å²) < 4.78 is 10.5. The summed E-state index contributed by atoms with van der Waals surface area (Å²) in [5.41, 5.74) is 1.73. The maximum Gasteiger partial charge on any atom is 0.328 e. The molecule has 78 valence electrons. The predicted molar refractivity (Wildman–Crippen MR) is 54.0 cm³/mol. The van der Waals surface area contributed by atoms with Crippen molar-refractivity contribution in [2.75, 3.05) is 6.79 Å². The van der Waals surface area contributed by atoms with Gasteiger partial charge in [0.15, 0.2) is 11.5 Å². The van der Waals surface area contributed by atoms with Crippen LogP contribution in [0.4, 0.5) is 0 Å². The van der Waals surface area contributed by atoms with Crippen LogP contribution in [0.3, 0.4) is 0 Å². The molecule has 0 spiro atoms. The molecule has 0 radical (unpaired) electrons. The Hall–Kier alpha value is -1.97. The summed E-state index contributed by atoms with van der Waals surface area (Å²) in [7, 11) is 0. The quantitative estimate of drug-likeness (QED) is 0.750. The van der Waals surface area contributed by atoms with Crippen LogP contribution >= 0.6 is 0 Å². The molecule has 0 unspecified atom stereocenters. The number of aryl methyl sites for hydroxylation is 1. The van der Waals surface area contributed by atoms with Crippen molar-refractivity contribution in [1.82, 2.24) is 0 Å². The standard InChI is InChI=1S/C11H10O4/c1-7-4-8(2-3-10(12)13)5-9-11(7)15-6-14-9/h2-5H,6H2,1H3,(H,12,13). The van der Waals surface area contributed by atoms with Crippen molar-refractivity contribution in [2.24, 2.45) is 0 Å². The summed E-state index contributed by atoms with van der Waals surface area (Å²) in [5, 5.41) is 8.49. The highest BCUT2D eigenvalue weighted by Gasteiger charge is 2.16. The number of fused-ring (bicyclic) bond motifs is 1. The summed E-state index contributed by atoms with van der Waals surface area (Å²) in [5.74, 6) is 0.438. The Morgan fingerprint density at radius 3 is 3.00 bits per heavy atom. The Morgan fingerprint density at radius 2 is 2.27 bits per heavy atom. The fraction of sp³-hybridized carbons (Fsp3) is 0.182. The Bertz CT molecular complexity index is 434. The van der Waals surface area contributed by atoms with E-state index >= 15 is 0 Å². The summed E-state index contributed by atoms with van der Waals surface area (Å²) in [6, 6.07) is 3.61. The lowest BCUT2D eigenvalue weighted by molar-refractivity contribution is -0.131. The summed E-state index contributed by atoms with van der Waals surface area (Å²) in [6.45, 7) is 2.12. The molecule has 4 heteroatoms. The van der Waals surface area contributed by atoms with Crippen LogP contribution in [-0.4, -0.2) is 17.9 Å². The van der Waals surface area contributed by atoms with Crippen LogP contribution in [-0.2, 0) is 4.79 Å². The average molecular weight is 206 g/mol. The molecule has 1 heterocycles. The van der Waals surface area contributed by atoms with Crippen LogP contribution in [0, 0.1) is 6.92 Å². The monoisotopic (exact) mass is 206 g/mol. The van der Waals surface area contributed by atoms with E-state index in [0.29, 0.717) is 5.75 Å². The molecule has 0 fully saturated rings. The predicted octanol–water partition coefficient (Wildman–Crippen LogP) is 1.82.